The minimum absolute atomic E-state index is 0.111. The number of halogens is 1. The molecule has 20 heavy (non-hydrogen) atoms. The molecule has 1 aromatic heterocycles. The Morgan fingerprint density at radius 2 is 2.05 bits per heavy atom. The molecule has 0 amide bonds. The molecule has 2 heterocycles. The van der Waals surface area contributed by atoms with E-state index in [0.717, 1.165) is 11.5 Å². The lowest BCUT2D eigenvalue weighted by atomic mass is 10.3. The van der Waals surface area contributed by atoms with Gasteiger partial charge in [0.1, 0.15) is 0 Å². The van der Waals surface area contributed by atoms with E-state index in [1.165, 1.54) is 0 Å². The number of aromatic nitrogens is 2. The highest BCUT2D eigenvalue weighted by Crippen LogP contribution is 2.40. The van der Waals surface area contributed by atoms with Crippen molar-refractivity contribution in [1.82, 2.24) is 9.78 Å². The number of anilines is 1. The maximum Gasteiger partial charge on any atom is 0.345 e. The van der Waals surface area contributed by atoms with E-state index in [-0.39, 0.29) is 42.6 Å². The Bertz CT molecular complexity index is 488. The highest BCUT2D eigenvalue weighted by molar-refractivity contribution is 9.10. The van der Waals surface area contributed by atoms with Gasteiger partial charge in [0, 0.05) is 24.6 Å². The van der Waals surface area contributed by atoms with Crippen molar-refractivity contribution in [3.8, 4) is 0 Å². The Morgan fingerprint density at radius 1 is 1.45 bits per heavy atom. The molecular weight excluding hydrogens is 352 g/mol. The van der Waals surface area contributed by atoms with Crippen LogP contribution in [0.3, 0.4) is 0 Å². The van der Waals surface area contributed by atoms with Crippen molar-refractivity contribution in [3.63, 3.8) is 0 Å². The van der Waals surface area contributed by atoms with E-state index in [4.69, 9.17) is 10.2 Å². The van der Waals surface area contributed by atoms with E-state index < -0.39 is 4.92 Å². The van der Waals surface area contributed by atoms with Gasteiger partial charge in [0.15, 0.2) is 0 Å². The number of aliphatic hydroxyl groups excluding tert-OH is 2. The Kier molecular flexibility index (Phi) is 5.24. The van der Waals surface area contributed by atoms with Gasteiger partial charge in [-0.15, -0.1) is 0 Å². The van der Waals surface area contributed by atoms with Gasteiger partial charge in [-0.3, -0.25) is 10.1 Å². The zero-order valence-corrected chi connectivity index (χ0v) is 13.0. The van der Waals surface area contributed by atoms with Crippen LogP contribution in [0.2, 0.25) is 0 Å². The third kappa shape index (κ3) is 2.92. The first-order chi connectivity index (χ1) is 9.60. The van der Waals surface area contributed by atoms with Gasteiger partial charge in [-0.2, -0.15) is 16.9 Å². The number of hydrogen-bond donors (Lipinski definition) is 2. The van der Waals surface area contributed by atoms with Crippen molar-refractivity contribution in [2.75, 3.05) is 42.7 Å². The van der Waals surface area contributed by atoms with Crippen molar-refractivity contribution in [3.05, 3.63) is 14.7 Å². The van der Waals surface area contributed by atoms with E-state index in [2.05, 4.69) is 21.0 Å². The average molecular weight is 367 g/mol. The van der Waals surface area contributed by atoms with Crippen LogP contribution in [0.1, 0.15) is 6.04 Å². The molecule has 8 nitrogen and oxygen atoms in total. The number of thioether (sulfide) groups is 1. The third-order valence-electron chi connectivity index (χ3n) is 3.01. The molecule has 0 radical (unpaired) electrons. The second-order valence-electron chi connectivity index (χ2n) is 4.29. The molecule has 0 saturated carbocycles. The fraction of sp³-hybridized carbons (Fsp3) is 0.700. The molecule has 1 aliphatic heterocycles. The lowest BCUT2D eigenvalue weighted by Gasteiger charge is -2.30. The predicted octanol–water partition coefficient (Wildman–Crippen LogP) is 0.633. The molecule has 1 aromatic rings. The van der Waals surface area contributed by atoms with Crippen molar-refractivity contribution in [2.45, 2.75) is 6.04 Å². The van der Waals surface area contributed by atoms with Gasteiger partial charge in [0.2, 0.25) is 10.4 Å². The molecule has 1 fully saturated rings. The van der Waals surface area contributed by atoms with E-state index in [9.17, 15) is 10.1 Å². The standard InChI is InChI=1S/C10H15BrN4O4S/c11-9-8(15(18)19)10(13(1-3-16)2-4-17)14(12-9)7-5-20-6-7/h7,16-17H,1-6H2. The SMILES string of the molecule is O=[N+]([O-])c1c(Br)nn(C2CSC2)c1N(CCO)CCO. The highest BCUT2D eigenvalue weighted by Gasteiger charge is 2.35. The second-order valence-corrected chi connectivity index (χ2v) is 6.12. The number of nitro groups is 1. The fourth-order valence-electron chi connectivity index (χ4n) is 2.03. The molecule has 0 bridgehead atoms. The molecule has 112 valence electrons. The van der Waals surface area contributed by atoms with Gasteiger partial charge in [0.05, 0.1) is 24.2 Å². The maximum atomic E-state index is 11.3. The molecule has 10 heteroatoms. The van der Waals surface area contributed by atoms with Gasteiger partial charge in [-0.05, 0) is 15.9 Å². The Morgan fingerprint density at radius 3 is 2.45 bits per heavy atom. The van der Waals surface area contributed by atoms with Crippen LogP contribution in [0, 0.1) is 10.1 Å². The van der Waals surface area contributed by atoms with Crippen molar-refractivity contribution < 1.29 is 15.1 Å². The van der Waals surface area contributed by atoms with Crippen molar-refractivity contribution in [2.24, 2.45) is 0 Å². The predicted molar refractivity (Wildman–Crippen MR) is 79.3 cm³/mol. The quantitative estimate of drug-likeness (QED) is 0.538. The van der Waals surface area contributed by atoms with Crippen LogP contribution in [-0.2, 0) is 0 Å². The number of aliphatic hydroxyl groups is 2. The zero-order valence-electron chi connectivity index (χ0n) is 10.6. The molecule has 0 aliphatic carbocycles. The summed E-state index contributed by atoms with van der Waals surface area (Å²) in [5.74, 6) is 2.05. The van der Waals surface area contributed by atoms with Gasteiger partial charge in [-0.1, -0.05) is 0 Å². The Labute approximate surface area is 128 Å². The Hall–Kier alpha value is -0.840. The summed E-state index contributed by atoms with van der Waals surface area (Å²) in [5, 5.41) is 33.7. The summed E-state index contributed by atoms with van der Waals surface area (Å²) >= 11 is 4.88. The van der Waals surface area contributed by atoms with Crippen molar-refractivity contribution >= 4 is 39.2 Å². The van der Waals surface area contributed by atoms with Crippen LogP contribution in [0.5, 0.6) is 0 Å². The van der Waals surface area contributed by atoms with Gasteiger partial charge in [0.25, 0.3) is 0 Å². The number of hydrogen-bond acceptors (Lipinski definition) is 7. The summed E-state index contributed by atoms with van der Waals surface area (Å²) in [4.78, 5) is 12.4. The molecule has 1 saturated heterocycles. The van der Waals surface area contributed by atoms with Crippen LogP contribution in [-0.4, -0.2) is 62.7 Å². The van der Waals surface area contributed by atoms with Crippen LogP contribution in [0.25, 0.3) is 0 Å². The lowest BCUT2D eigenvalue weighted by Crippen LogP contribution is -2.35. The topological polar surface area (TPSA) is 105 Å². The summed E-state index contributed by atoms with van der Waals surface area (Å²) in [7, 11) is 0. The van der Waals surface area contributed by atoms with Crippen LogP contribution in [0.4, 0.5) is 11.5 Å². The molecule has 1 aliphatic rings. The molecule has 0 spiro atoms. The molecule has 2 N–H and O–H groups in total. The van der Waals surface area contributed by atoms with Gasteiger partial charge in [-0.25, -0.2) is 4.68 Å². The monoisotopic (exact) mass is 366 g/mol. The van der Waals surface area contributed by atoms with E-state index in [0.29, 0.717) is 5.82 Å². The first-order valence-electron chi connectivity index (χ1n) is 6.07. The minimum Gasteiger partial charge on any atom is -0.395 e. The molecule has 2 rings (SSSR count). The summed E-state index contributed by atoms with van der Waals surface area (Å²) in [6.45, 7) is 0.109. The normalized spacial score (nSPS) is 15.2. The maximum absolute atomic E-state index is 11.3. The van der Waals surface area contributed by atoms with E-state index >= 15 is 0 Å². The summed E-state index contributed by atoms with van der Waals surface area (Å²) in [6, 6.07) is 0.111. The van der Waals surface area contributed by atoms with Crippen LogP contribution >= 0.6 is 27.7 Å². The van der Waals surface area contributed by atoms with Crippen LogP contribution < -0.4 is 4.90 Å². The first kappa shape index (κ1) is 15.5. The third-order valence-corrected chi connectivity index (χ3v) is 4.78. The lowest BCUT2D eigenvalue weighted by molar-refractivity contribution is -0.385. The number of rotatable bonds is 7. The molecule has 0 unspecified atom stereocenters. The van der Waals surface area contributed by atoms with Gasteiger partial charge < -0.3 is 15.1 Å². The average Bonchev–Trinajstić information content (AvgIpc) is 2.64. The van der Waals surface area contributed by atoms with E-state index in [1.54, 1.807) is 21.3 Å². The summed E-state index contributed by atoms with van der Waals surface area (Å²) in [5.41, 5.74) is -0.121. The molecular formula is C10H15BrN4O4S. The first-order valence-corrected chi connectivity index (χ1v) is 8.01. The largest absolute Gasteiger partial charge is 0.395 e. The second kappa shape index (κ2) is 6.74. The van der Waals surface area contributed by atoms with Crippen molar-refractivity contribution in [1.29, 1.82) is 0 Å². The summed E-state index contributed by atoms with van der Waals surface area (Å²) < 4.78 is 1.81. The molecule has 0 atom stereocenters. The van der Waals surface area contributed by atoms with E-state index in [1.807, 2.05) is 0 Å². The highest BCUT2D eigenvalue weighted by atomic mass is 79.9. The fourth-order valence-corrected chi connectivity index (χ4v) is 3.25. The Balaban J connectivity index is 2.46. The minimum atomic E-state index is -0.490. The van der Waals surface area contributed by atoms with Crippen LogP contribution in [0.15, 0.2) is 4.60 Å². The smallest absolute Gasteiger partial charge is 0.345 e. The summed E-state index contributed by atoms with van der Waals surface area (Å²) in [6.07, 6.45) is 0. The molecule has 0 aromatic carbocycles. The van der Waals surface area contributed by atoms with Gasteiger partial charge >= 0.3 is 5.69 Å². The number of nitrogens with zero attached hydrogens (tertiary/aromatic N) is 4. The zero-order chi connectivity index (χ0) is 14.7.